The summed E-state index contributed by atoms with van der Waals surface area (Å²) in [6.07, 6.45) is 3.20. The highest BCUT2D eigenvalue weighted by molar-refractivity contribution is 5.86. The Kier molecular flexibility index (Phi) is 5.27. The quantitative estimate of drug-likeness (QED) is 0.674. The van der Waals surface area contributed by atoms with Gasteiger partial charge in [0.25, 0.3) is 0 Å². The fraction of sp³-hybridized carbons (Fsp3) is 0.316. The predicted octanol–water partition coefficient (Wildman–Crippen LogP) is 4.05. The molecule has 2 aromatic carbocycles. The Morgan fingerprint density at radius 2 is 1.30 bits per heavy atom. The smallest absolute Gasteiger partial charge is 0.318 e. The summed E-state index contributed by atoms with van der Waals surface area (Å²) in [5.74, 6) is -0.718. The second-order valence-corrected chi connectivity index (χ2v) is 5.76. The van der Waals surface area contributed by atoms with E-state index in [-0.39, 0.29) is 11.5 Å². The van der Waals surface area contributed by atoms with Crippen LogP contribution in [0, 0.1) is 0 Å². The van der Waals surface area contributed by atoms with E-state index in [1.54, 1.807) is 24.3 Å². The van der Waals surface area contributed by atoms with Crippen LogP contribution in [0.5, 0.6) is 11.5 Å². The van der Waals surface area contributed by atoms with E-state index < -0.39 is 11.4 Å². The minimum absolute atomic E-state index is 0.104. The fourth-order valence-corrected chi connectivity index (χ4v) is 2.94. The normalized spacial score (nSPS) is 11.3. The van der Waals surface area contributed by atoms with Crippen molar-refractivity contribution >= 4 is 5.97 Å². The summed E-state index contributed by atoms with van der Waals surface area (Å²) in [6.45, 7) is 2.07. The molecule has 0 fully saturated rings. The van der Waals surface area contributed by atoms with Crippen molar-refractivity contribution in [3.05, 3.63) is 59.7 Å². The Labute approximate surface area is 136 Å². The number of hydrogen-bond acceptors (Lipinski definition) is 3. The van der Waals surface area contributed by atoms with Gasteiger partial charge in [-0.15, -0.1) is 0 Å². The lowest BCUT2D eigenvalue weighted by atomic mass is 9.71. The van der Waals surface area contributed by atoms with Crippen LogP contribution in [0.3, 0.4) is 0 Å². The van der Waals surface area contributed by atoms with Crippen molar-refractivity contribution in [2.24, 2.45) is 0 Å². The number of unbranched alkanes of at least 4 members (excludes halogenated alkanes) is 2. The molecule has 0 aliphatic carbocycles. The minimum atomic E-state index is -1.18. The van der Waals surface area contributed by atoms with Crippen molar-refractivity contribution in [1.29, 1.82) is 0 Å². The van der Waals surface area contributed by atoms with Crippen LogP contribution in [-0.4, -0.2) is 21.3 Å². The molecular formula is C19H22O4. The predicted molar refractivity (Wildman–Crippen MR) is 88.8 cm³/mol. The molecule has 23 heavy (non-hydrogen) atoms. The summed E-state index contributed by atoms with van der Waals surface area (Å²) in [7, 11) is 0. The molecule has 0 radical (unpaired) electrons. The second kappa shape index (κ2) is 7.18. The lowest BCUT2D eigenvalue weighted by Gasteiger charge is -2.31. The molecule has 0 saturated heterocycles. The fourth-order valence-electron chi connectivity index (χ4n) is 2.94. The molecule has 3 N–H and O–H groups in total. The number of carbonyl (C=O) groups is 1. The van der Waals surface area contributed by atoms with Gasteiger partial charge in [-0.25, -0.2) is 0 Å². The summed E-state index contributed by atoms with van der Waals surface area (Å²) in [4.78, 5) is 12.3. The van der Waals surface area contributed by atoms with Crippen LogP contribution in [0.4, 0.5) is 0 Å². The molecule has 0 bridgehead atoms. The van der Waals surface area contributed by atoms with Crippen molar-refractivity contribution in [3.8, 4) is 11.5 Å². The van der Waals surface area contributed by atoms with Gasteiger partial charge in [-0.05, 0) is 41.8 Å². The van der Waals surface area contributed by atoms with E-state index in [1.165, 1.54) is 24.3 Å². The molecule has 122 valence electrons. The van der Waals surface area contributed by atoms with Gasteiger partial charge in [0.15, 0.2) is 0 Å². The highest BCUT2D eigenvalue weighted by Gasteiger charge is 2.41. The molecule has 0 unspecified atom stereocenters. The summed E-state index contributed by atoms with van der Waals surface area (Å²) in [6, 6.07) is 12.6. The lowest BCUT2D eigenvalue weighted by molar-refractivity contribution is -0.142. The van der Waals surface area contributed by atoms with Crippen LogP contribution < -0.4 is 0 Å². The van der Waals surface area contributed by atoms with Gasteiger partial charge in [0.2, 0.25) is 0 Å². The number of hydrogen-bond donors (Lipinski definition) is 3. The maximum Gasteiger partial charge on any atom is 0.318 e. The minimum Gasteiger partial charge on any atom is -0.508 e. The first kappa shape index (κ1) is 16.9. The molecule has 2 aromatic rings. The SMILES string of the molecule is CCCCCC(C(=O)O)(c1ccc(O)cc1)c1ccc(O)cc1. The van der Waals surface area contributed by atoms with E-state index in [0.29, 0.717) is 17.5 Å². The number of carboxylic acids is 1. The number of carboxylic acid groups (broad SMARTS) is 1. The van der Waals surface area contributed by atoms with E-state index in [0.717, 1.165) is 19.3 Å². The Balaban J connectivity index is 2.56. The van der Waals surface area contributed by atoms with Gasteiger partial charge < -0.3 is 15.3 Å². The molecule has 0 saturated carbocycles. The van der Waals surface area contributed by atoms with Crippen molar-refractivity contribution in [3.63, 3.8) is 0 Å². The maximum atomic E-state index is 12.3. The topological polar surface area (TPSA) is 77.8 Å². The van der Waals surface area contributed by atoms with E-state index in [9.17, 15) is 20.1 Å². The molecule has 0 heterocycles. The highest BCUT2D eigenvalue weighted by Crippen LogP contribution is 2.39. The van der Waals surface area contributed by atoms with Crippen LogP contribution in [0.25, 0.3) is 0 Å². The Hall–Kier alpha value is -2.49. The summed E-state index contributed by atoms with van der Waals surface area (Å²) in [5.41, 5.74) is 0.0745. The van der Waals surface area contributed by atoms with Gasteiger partial charge >= 0.3 is 5.97 Å². The van der Waals surface area contributed by atoms with Gasteiger partial charge in [-0.2, -0.15) is 0 Å². The molecule has 0 spiro atoms. The van der Waals surface area contributed by atoms with Crippen molar-refractivity contribution in [2.45, 2.75) is 38.0 Å². The van der Waals surface area contributed by atoms with Gasteiger partial charge in [-0.1, -0.05) is 50.5 Å². The Morgan fingerprint density at radius 3 is 1.65 bits per heavy atom. The third kappa shape index (κ3) is 3.47. The first-order chi connectivity index (χ1) is 11.0. The number of aliphatic carboxylic acids is 1. The maximum absolute atomic E-state index is 12.3. The highest BCUT2D eigenvalue weighted by atomic mass is 16.4. The van der Waals surface area contributed by atoms with E-state index in [4.69, 9.17) is 0 Å². The van der Waals surface area contributed by atoms with Crippen LogP contribution >= 0.6 is 0 Å². The molecule has 0 aliphatic heterocycles. The lowest BCUT2D eigenvalue weighted by Crippen LogP contribution is -2.37. The van der Waals surface area contributed by atoms with Crippen LogP contribution in [-0.2, 0) is 10.2 Å². The van der Waals surface area contributed by atoms with Gasteiger partial charge in [0.05, 0.1) is 0 Å². The number of rotatable bonds is 7. The van der Waals surface area contributed by atoms with Crippen LogP contribution in [0.1, 0.15) is 43.7 Å². The summed E-state index contributed by atoms with van der Waals surface area (Å²) >= 11 is 0. The molecule has 4 heteroatoms. The zero-order valence-corrected chi connectivity index (χ0v) is 13.2. The average Bonchev–Trinajstić information content (AvgIpc) is 2.53. The van der Waals surface area contributed by atoms with Crippen LogP contribution in [0.15, 0.2) is 48.5 Å². The molecule has 0 amide bonds. The Bertz CT molecular complexity index is 599. The molecule has 0 aliphatic rings. The zero-order chi connectivity index (χ0) is 16.9. The third-order valence-electron chi connectivity index (χ3n) is 4.24. The molecule has 2 rings (SSSR count). The van der Waals surface area contributed by atoms with E-state index >= 15 is 0 Å². The Morgan fingerprint density at radius 1 is 0.870 bits per heavy atom. The van der Waals surface area contributed by atoms with Crippen LogP contribution in [0.2, 0.25) is 0 Å². The zero-order valence-electron chi connectivity index (χ0n) is 13.2. The van der Waals surface area contributed by atoms with E-state index in [2.05, 4.69) is 6.92 Å². The number of benzene rings is 2. The van der Waals surface area contributed by atoms with Gasteiger partial charge in [-0.3, -0.25) is 4.79 Å². The van der Waals surface area contributed by atoms with Crippen molar-refractivity contribution in [1.82, 2.24) is 0 Å². The average molecular weight is 314 g/mol. The number of phenolic OH excluding ortho intramolecular Hbond substituents is 2. The summed E-state index contributed by atoms with van der Waals surface area (Å²) in [5, 5.41) is 29.0. The molecule has 0 aromatic heterocycles. The number of phenols is 2. The van der Waals surface area contributed by atoms with Gasteiger partial charge in [0.1, 0.15) is 16.9 Å². The van der Waals surface area contributed by atoms with Crippen molar-refractivity contribution < 1.29 is 20.1 Å². The molecule has 4 nitrogen and oxygen atoms in total. The number of aromatic hydroxyl groups is 2. The first-order valence-corrected chi connectivity index (χ1v) is 7.83. The third-order valence-corrected chi connectivity index (χ3v) is 4.24. The van der Waals surface area contributed by atoms with E-state index in [1.807, 2.05) is 0 Å². The molecular weight excluding hydrogens is 292 g/mol. The second-order valence-electron chi connectivity index (χ2n) is 5.76. The summed E-state index contributed by atoms with van der Waals surface area (Å²) < 4.78 is 0. The first-order valence-electron chi connectivity index (χ1n) is 7.83. The van der Waals surface area contributed by atoms with Gasteiger partial charge in [0, 0.05) is 0 Å². The standard InChI is InChI=1S/C19H22O4/c1-2-3-4-13-19(18(22)23,14-5-9-16(20)10-6-14)15-7-11-17(21)12-8-15/h5-12,20-21H,2-4,13H2,1H3,(H,22,23). The monoisotopic (exact) mass is 314 g/mol. The largest absolute Gasteiger partial charge is 0.508 e. The molecule has 0 atom stereocenters. The van der Waals surface area contributed by atoms with Crippen molar-refractivity contribution in [2.75, 3.05) is 0 Å².